The van der Waals surface area contributed by atoms with E-state index in [0.29, 0.717) is 24.3 Å². The summed E-state index contributed by atoms with van der Waals surface area (Å²) in [7, 11) is 0. The van der Waals surface area contributed by atoms with Crippen LogP contribution in [0.4, 0.5) is 11.4 Å². The van der Waals surface area contributed by atoms with Crippen LogP contribution in [-0.2, 0) is 6.54 Å². The molecule has 6 nitrogen and oxygen atoms in total. The van der Waals surface area contributed by atoms with Crippen LogP contribution >= 0.6 is 0 Å². The van der Waals surface area contributed by atoms with Gasteiger partial charge in [-0.2, -0.15) is 0 Å². The van der Waals surface area contributed by atoms with Crippen LogP contribution in [0.2, 0.25) is 0 Å². The Kier molecular flexibility index (Phi) is 3.97. The monoisotopic (exact) mass is 311 g/mol. The third kappa shape index (κ3) is 2.88. The number of nitro benzene ring substituents is 1. The molecule has 1 atom stereocenters. The average molecular weight is 311 g/mol. The van der Waals surface area contributed by atoms with Gasteiger partial charge in [-0.25, -0.2) is 0 Å². The highest BCUT2D eigenvalue weighted by Gasteiger charge is 2.31. The minimum absolute atomic E-state index is 0.0652. The van der Waals surface area contributed by atoms with Gasteiger partial charge in [-0.3, -0.25) is 14.9 Å². The lowest BCUT2D eigenvalue weighted by atomic mass is 10.1. The van der Waals surface area contributed by atoms with Crippen molar-refractivity contribution in [3.05, 3.63) is 69.8 Å². The Bertz CT molecular complexity index is 746. The first-order valence-corrected chi connectivity index (χ1v) is 7.44. The van der Waals surface area contributed by atoms with Crippen molar-refractivity contribution >= 4 is 17.3 Å². The first kappa shape index (κ1) is 15.0. The molecule has 0 saturated carbocycles. The molecule has 1 aliphatic heterocycles. The molecule has 1 heterocycles. The summed E-state index contributed by atoms with van der Waals surface area (Å²) in [5, 5.41) is 14.3. The third-order valence-corrected chi connectivity index (χ3v) is 4.03. The normalized spacial score (nSPS) is 17.2. The SMILES string of the molecule is CC1CNc2c(cccc2[N+](=O)[O-])C(=O)N1Cc1ccccc1. The van der Waals surface area contributed by atoms with Crippen LogP contribution in [0.15, 0.2) is 48.5 Å². The molecule has 0 radical (unpaired) electrons. The predicted octanol–water partition coefficient (Wildman–Crippen LogP) is 3.05. The van der Waals surface area contributed by atoms with Gasteiger partial charge in [-0.1, -0.05) is 36.4 Å². The zero-order chi connectivity index (χ0) is 16.4. The maximum atomic E-state index is 12.9. The Morgan fingerprint density at radius 2 is 1.96 bits per heavy atom. The lowest BCUT2D eigenvalue weighted by Gasteiger charge is -2.27. The molecule has 23 heavy (non-hydrogen) atoms. The first-order valence-electron chi connectivity index (χ1n) is 7.44. The molecule has 6 heteroatoms. The number of para-hydroxylation sites is 1. The van der Waals surface area contributed by atoms with Gasteiger partial charge in [-0.15, -0.1) is 0 Å². The summed E-state index contributed by atoms with van der Waals surface area (Å²) in [5.41, 5.74) is 1.62. The maximum absolute atomic E-state index is 12.9. The van der Waals surface area contributed by atoms with E-state index in [0.717, 1.165) is 5.56 Å². The molecule has 0 spiro atoms. The van der Waals surface area contributed by atoms with Crippen LogP contribution in [-0.4, -0.2) is 28.3 Å². The number of carbonyl (C=O) groups is 1. The van der Waals surface area contributed by atoms with Crippen LogP contribution in [0.3, 0.4) is 0 Å². The molecule has 0 aromatic heterocycles. The van der Waals surface area contributed by atoms with E-state index < -0.39 is 4.92 Å². The number of nitrogens with zero attached hydrogens (tertiary/aromatic N) is 2. The smallest absolute Gasteiger partial charge is 0.293 e. The highest BCUT2D eigenvalue weighted by atomic mass is 16.6. The fraction of sp³-hybridized carbons (Fsp3) is 0.235. The number of carbonyl (C=O) groups excluding carboxylic acids is 1. The van der Waals surface area contributed by atoms with Gasteiger partial charge in [0.05, 0.1) is 10.5 Å². The highest BCUT2D eigenvalue weighted by molar-refractivity contribution is 6.02. The Labute approximate surface area is 133 Å². The summed E-state index contributed by atoms with van der Waals surface area (Å²) in [4.78, 5) is 25.4. The van der Waals surface area contributed by atoms with Gasteiger partial charge in [0.1, 0.15) is 5.69 Å². The molecule has 2 aromatic rings. The van der Waals surface area contributed by atoms with E-state index in [9.17, 15) is 14.9 Å². The molecule has 0 aliphatic carbocycles. The maximum Gasteiger partial charge on any atom is 0.293 e. The summed E-state index contributed by atoms with van der Waals surface area (Å²) in [6.07, 6.45) is 0. The Morgan fingerprint density at radius 1 is 1.22 bits per heavy atom. The molecular weight excluding hydrogens is 294 g/mol. The number of amides is 1. The summed E-state index contributed by atoms with van der Waals surface area (Å²) in [5.74, 6) is -0.190. The van der Waals surface area contributed by atoms with E-state index in [-0.39, 0.29) is 17.6 Å². The second-order valence-corrected chi connectivity index (χ2v) is 5.61. The number of anilines is 1. The lowest BCUT2D eigenvalue weighted by molar-refractivity contribution is -0.384. The van der Waals surface area contributed by atoms with Gasteiger partial charge in [-0.05, 0) is 18.6 Å². The molecule has 0 saturated heterocycles. The number of fused-ring (bicyclic) bond motifs is 1. The van der Waals surface area contributed by atoms with Crippen molar-refractivity contribution in [2.75, 3.05) is 11.9 Å². The fourth-order valence-electron chi connectivity index (χ4n) is 2.78. The average Bonchev–Trinajstić information content (AvgIpc) is 2.68. The summed E-state index contributed by atoms with van der Waals surface area (Å²) in [6, 6.07) is 14.2. The molecule has 1 aliphatic rings. The minimum Gasteiger partial charge on any atom is -0.377 e. The Morgan fingerprint density at radius 3 is 2.65 bits per heavy atom. The largest absolute Gasteiger partial charge is 0.377 e. The zero-order valence-corrected chi connectivity index (χ0v) is 12.7. The van der Waals surface area contributed by atoms with Crippen LogP contribution < -0.4 is 5.32 Å². The number of rotatable bonds is 3. The van der Waals surface area contributed by atoms with Gasteiger partial charge >= 0.3 is 0 Å². The van der Waals surface area contributed by atoms with Crippen molar-refractivity contribution in [3.8, 4) is 0 Å². The van der Waals surface area contributed by atoms with Gasteiger partial charge in [0.15, 0.2) is 0 Å². The number of hydrogen-bond donors (Lipinski definition) is 1. The van der Waals surface area contributed by atoms with Crippen LogP contribution in [0.1, 0.15) is 22.8 Å². The molecule has 1 amide bonds. The number of nitrogens with one attached hydrogen (secondary N) is 1. The van der Waals surface area contributed by atoms with Gasteiger partial charge < -0.3 is 10.2 Å². The number of hydrogen-bond acceptors (Lipinski definition) is 4. The van der Waals surface area contributed by atoms with Crippen molar-refractivity contribution in [3.63, 3.8) is 0 Å². The topological polar surface area (TPSA) is 75.5 Å². The quantitative estimate of drug-likeness (QED) is 0.698. The van der Waals surface area contributed by atoms with Gasteiger partial charge in [0.2, 0.25) is 0 Å². The van der Waals surface area contributed by atoms with E-state index in [1.165, 1.54) is 6.07 Å². The fourth-order valence-corrected chi connectivity index (χ4v) is 2.78. The van der Waals surface area contributed by atoms with E-state index in [4.69, 9.17) is 0 Å². The molecule has 0 bridgehead atoms. The summed E-state index contributed by atoms with van der Waals surface area (Å²) < 4.78 is 0. The van der Waals surface area contributed by atoms with Crippen LogP contribution in [0, 0.1) is 10.1 Å². The summed E-state index contributed by atoms with van der Waals surface area (Å²) in [6.45, 7) is 2.88. The van der Waals surface area contributed by atoms with Crippen LogP contribution in [0.5, 0.6) is 0 Å². The predicted molar refractivity (Wildman–Crippen MR) is 87.4 cm³/mol. The van der Waals surface area contributed by atoms with Gasteiger partial charge in [0.25, 0.3) is 11.6 Å². The number of benzene rings is 2. The van der Waals surface area contributed by atoms with E-state index in [1.54, 1.807) is 17.0 Å². The zero-order valence-electron chi connectivity index (χ0n) is 12.7. The molecular formula is C17H17N3O3. The van der Waals surface area contributed by atoms with E-state index in [2.05, 4.69) is 5.32 Å². The van der Waals surface area contributed by atoms with Crippen molar-refractivity contribution in [2.24, 2.45) is 0 Å². The van der Waals surface area contributed by atoms with Crippen molar-refractivity contribution in [1.82, 2.24) is 4.90 Å². The highest BCUT2D eigenvalue weighted by Crippen LogP contribution is 2.32. The van der Waals surface area contributed by atoms with Crippen molar-refractivity contribution in [1.29, 1.82) is 0 Å². The minimum atomic E-state index is -0.462. The standard InChI is InChI=1S/C17H17N3O3/c1-12-10-18-16-14(8-5-9-15(16)20(22)23)17(21)19(12)11-13-6-3-2-4-7-13/h2-9,12,18H,10-11H2,1H3. The molecule has 118 valence electrons. The first-order chi connectivity index (χ1) is 11.1. The third-order valence-electron chi connectivity index (χ3n) is 4.03. The second kappa shape index (κ2) is 6.08. The van der Waals surface area contributed by atoms with Crippen molar-refractivity contribution < 1.29 is 9.72 Å². The van der Waals surface area contributed by atoms with E-state index >= 15 is 0 Å². The Hall–Kier alpha value is -2.89. The van der Waals surface area contributed by atoms with Crippen molar-refractivity contribution in [2.45, 2.75) is 19.5 Å². The van der Waals surface area contributed by atoms with Crippen LogP contribution in [0.25, 0.3) is 0 Å². The second-order valence-electron chi connectivity index (χ2n) is 5.61. The van der Waals surface area contributed by atoms with Gasteiger partial charge in [0, 0.05) is 25.2 Å². The Balaban J connectivity index is 1.99. The molecule has 0 fully saturated rings. The molecule has 2 aromatic carbocycles. The van der Waals surface area contributed by atoms with E-state index in [1.807, 2.05) is 37.3 Å². The summed E-state index contributed by atoms with van der Waals surface area (Å²) >= 11 is 0. The lowest BCUT2D eigenvalue weighted by Crippen LogP contribution is -2.39. The number of nitro groups is 1. The molecule has 1 unspecified atom stereocenters. The molecule has 1 N–H and O–H groups in total. The molecule has 3 rings (SSSR count).